The Morgan fingerprint density at radius 3 is 2.32 bits per heavy atom. The molecule has 4 rings (SSSR count). The fraction of sp³-hybridized carbons (Fsp3) is 0.286. The van der Waals surface area contributed by atoms with Gasteiger partial charge in [-0.2, -0.15) is 0 Å². The van der Waals surface area contributed by atoms with Crippen LogP contribution in [0.15, 0.2) is 48.9 Å². The molecule has 144 valence electrons. The summed E-state index contributed by atoms with van der Waals surface area (Å²) in [6.07, 6.45) is 6.03. The van der Waals surface area contributed by atoms with Crippen LogP contribution < -0.4 is 19.1 Å². The quantitative estimate of drug-likeness (QED) is 0.653. The van der Waals surface area contributed by atoms with E-state index in [0.29, 0.717) is 18.3 Å². The van der Waals surface area contributed by atoms with Gasteiger partial charge in [-0.25, -0.2) is 9.97 Å². The van der Waals surface area contributed by atoms with Crippen molar-refractivity contribution in [3.05, 3.63) is 65.7 Å². The van der Waals surface area contributed by atoms with Crippen LogP contribution in [0, 0.1) is 0 Å². The maximum Gasteiger partial charge on any atom is 0.225 e. The molecule has 7 nitrogen and oxygen atoms in total. The predicted octanol–water partition coefficient (Wildman–Crippen LogP) is 3.03. The molecule has 7 heteroatoms. The monoisotopic (exact) mass is 378 g/mol. The van der Waals surface area contributed by atoms with E-state index >= 15 is 0 Å². The summed E-state index contributed by atoms with van der Waals surface area (Å²) in [5, 5.41) is 0. The van der Waals surface area contributed by atoms with Crippen LogP contribution in [0.1, 0.15) is 16.8 Å². The molecule has 0 radical (unpaired) electrons. The third kappa shape index (κ3) is 3.98. The summed E-state index contributed by atoms with van der Waals surface area (Å²) >= 11 is 0. The van der Waals surface area contributed by atoms with E-state index in [0.717, 1.165) is 36.7 Å². The van der Waals surface area contributed by atoms with E-state index in [9.17, 15) is 0 Å². The van der Waals surface area contributed by atoms with Crippen LogP contribution >= 0.6 is 0 Å². The molecule has 0 spiro atoms. The Labute approximate surface area is 163 Å². The van der Waals surface area contributed by atoms with E-state index in [1.165, 1.54) is 11.1 Å². The van der Waals surface area contributed by atoms with Crippen LogP contribution in [-0.4, -0.2) is 35.7 Å². The van der Waals surface area contributed by atoms with Gasteiger partial charge < -0.3 is 19.1 Å². The fourth-order valence-electron chi connectivity index (χ4n) is 3.15. The number of rotatable bonds is 6. The lowest BCUT2D eigenvalue weighted by Crippen LogP contribution is -2.31. The summed E-state index contributed by atoms with van der Waals surface area (Å²) in [6.45, 7) is 2.04. The third-order valence-electron chi connectivity index (χ3n) is 4.74. The van der Waals surface area contributed by atoms with Crippen LogP contribution in [-0.2, 0) is 19.6 Å². The Morgan fingerprint density at radius 1 is 0.857 bits per heavy atom. The number of fused-ring (bicyclic) bond motifs is 1. The van der Waals surface area contributed by atoms with Gasteiger partial charge in [0.05, 0.1) is 38.5 Å². The molecule has 0 aliphatic carbocycles. The van der Waals surface area contributed by atoms with Gasteiger partial charge in [0, 0.05) is 13.1 Å². The second-order valence-electron chi connectivity index (χ2n) is 6.50. The molecule has 0 N–H and O–H groups in total. The second-order valence-corrected chi connectivity index (χ2v) is 6.50. The highest BCUT2D eigenvalue weighted by atomic mass is 16.5. The Balaban J connectivity index is 1.43. The summed E-state index contributed by atoms with van der Waals surface area (Å²) in [5.74, 6) is 2.93. The first-order valence-corrected chi connectivity index (χ1v) is 9.09. The molecular formula is C21H22N4O3. The van der Waals surface area contributed by atoms with Crippen LogP contribution in [0.5, 0.6) is 17.2 Å². The average molecular weight is 378 g/mol. The van der Waals surface area contributed by atoms with Crippen molar-refractivity contribution in [2.45, 2.75) is 19.6 Å². The van der Waals surface area contributed by atoms with Gasteiger partial charge >= 0.3 is 0 Å². The maximum absolute atomic E-state index is 5.93. The standard InChI is InChI=1S/C21H22N4O3/c1-26-19-6-4-17(22-10-19)14-28-18-5-3-15-7-8-25(13-16(15)9-18)21-23-11-20(27-2)12-24-21/h3-6,9-12H,7-8,13-14H2,1-2H3. The highest BCUT2D eigenvalue weighted by Crippen LogP contribution is 2.26. The molecule has 0 saturated carbocycles. The molecule has 0 atom stereocenters. The molecular weight excluding hydrogens is 356 g/mol. The van der Waals surface area contributed by atoms with E-state index in [2.05, 4.69) is 32.0 Å². The van der Waals surface area contributed by atoms with Crippen molar-refractivity contribution >= 4 is 5.95 Å². The molecule has 28 heavy (non-hydrogen) atoms. The molecule has 0 bridgehead atoms. The van der Waals surface area contributed by atoms with Crippen molar-refractivity contribution in [1.29, 1.82) is 0 Å². The predicted molar refractivity (Wildman–Crippen MR) is 105 cm³/mol. The summed E-state index contributed by atoms with van der Waals surface area (Å²) in [5.41, 5.74) is 3.41. The van der Waals surface area contributed by atoms with Gasteiger partial charge in [0.15, 0.2) is 5.75 Å². The maximum atomic E-state index is 5.93. The van der Waals surface area contributed by atoms with Gasteiger partial charge in [0.1, 0.15) is 18.1 Å². The summed E-state index contributed by atoms with van der Waals surface area (Å²) in [4.78, 5) is 15.3. The number of pyridine rings is 1. The first-order chi connectivity index (χ1) is 13.7. The van der Waals surface area contributed by atoms with Gasteiger partial charge in [-0.15, -0.1) is 0 Å². The summed E-state index contributed by atoms with van der Waals surface area (Å²) < 4.78 is 16.2. The number of ether oxygens (including phenoxy) is 3. The number of methoxy groups -OCH3 is 2. The van der Waals surface area contributed by atoms with Crippen molar-refractivity contribution in [3.63, 3.8) is 0 Å². The lowest BCUT2D eigenvalue weighted by atomic mass is 10.00. The molecule has 0 unspecified atom stereocenters. The van der Waals surface area contributed by atoms with E-state index in [4.69, 9.17) is 14.2 Å². The minimum atomic E-state index is 0.411. The van der Waals surface area contributed by atoms with E-state index in [1.807, 2.05) is 18.2 Å². The molecule has 1 aliphatic rings. The number of anilines is 1. The van der Waals surface area contributed by atoms with Crippen molar-refractivity contribution in [2.24, 2.45) is 0 Å². The van der Waals surface area contributed by atoms with Crippen LogP contribution in [0.3, 0.4) is 0 Å². The fourth-order valence-corrected chi connectivity index (χ4v) is 3.15. The number of hydrogen-bond donors (Lipinski definition) is 0. The number of benzene rings is 1. The molecule has 3 aromatic rings. The van der Waals surface area contributed by atoms with Gasteiger partial charge in [-0.1, -0.05) is 6.07 Å². The Kier molecular flexibility index (Phi) is 5.23. The molecule has 0 amide bonds. The zero-order valence-electron chi connectivity index (χ0n) is 16.0. The van der Waals surface area contributed by atoms with E-state index < -0.39 is 0 Å². The van der Waals surface area contributed by atoms with Gasteiger partial charge in [-0.05, 0) is 41.8 Å². The molecule has 0 fully saturated rings. The third-order valence-corrected chi connectivity index (χ3v) is 4.74. The first-order valence-electron chi connectivity index (χ1n) is 9.09. The normalized spacial score (nSPS) is 13.0. The van der Waals surface area contributed by atoms with Crippen LogP contribution in [0.25, 0.3) is 0 Å². The van der Waals surface area contributed by atoms with Crippen LogP contribution in [0.2, 0.25) is 0 Å². The molecule has 0 saturated heterocycles. The van der Waals surface area contributed by atoms with Crippen molar-refractivity contribution in [2.75, 3.05) is 25.7 Å². The number of aromatic nitrogens is 3. The molecule has 1 aliphatic heterocycles. The molecule has 1 aromatic carbocycles. The Hall–Kier alpha value is -3.35. The number of hydrogen-bond acceptors (Lipinski definition) is 7. The summed E-state index contributed by atoms with van der Waals surface area (Å²) in [6, 6.07) is 10.0. The molecule has 2 aromatic heterocycles. The summed E-state index contributed by atoms with van der Waals surface area (Å²) in [7, 11) is 3.24. The largest absolute Gasteiger partial charge is 0.495 e. The minimum Gasteiger partial charge on any atom is -0.495 e. The second kappa shape index (κ2) is 8.12. The van der Waals surface area contributed by atoms with E-state index in [1.54, 1.807) is 32.8 Å². The van der Waals surface area contributed by atoms with E-state index in [-0.39, 0.29) is 0 Å². The molecule has 3 heterocycles. The minimum absolute atomic E-state index is 0.411. The topological polar surface area (TPSA) is 69.6 Å². The zero-order chi connectivity index (χ0) is 19.3. The SMILES string of the molecule is COc1ccc(COc2ccc3c(c2)CN(c2ncc(OC)cn2)CC3)nc1. The average Bonchev–Trinajstić information content (AvgIpc) is 2.77. The smallest absolute Gasteiger partial charge is 0.225 e. The number of nitrogens with zero attached hydrogens (tertiary/aromatic N) is 4. The highest BCUT2D eigenvalue weighted by molar-refractivity contribution is 5.43. The van der Waals surface area contributed by atoms with Crippen molar-refractivity contribution in [3.8, 4) is 17.2 Å². The highest BCUT2D eigenvalue weighted by Gasteiger charge is 2.19. The zero-order valence-corrected chi connectivity index (χ0v) is 16.0. The van der Waals surface area contributed by atoms with Gasteiger partial charge in [0.2, 0.25) is 5.95 Å². The van der Waals surface area contributed by atoms with Crippen molar-refractivity contribution < 1.29 is 14.2 Å². The van der Waals surface area contributed by atoms with Gasteiger partial charge in [0.25, 0.3) is 0 Å². The lowest BCUT2D eigenvalue weighted by Gasteiger charge is -2.29. The first kappa shape index (κ1) is 18.0. The Bertz CT molecular complexity index is 929. The van der Waals surface area contributed by atoms with Gasteiger partial charge in [-0.3, -0.25) is 4.98 Å². The van der Waals surface area contributed by atoms with Crippen molar-refractivity contribution in [1.82, 2.24) is 15.0 Å². The Morgan fingerprint density at radius 2 is 1.61 bits per heavy atom. The lowest BCUT2D eigenvalue weighted by molar-refractivity contribution is 0.300. The van der Waals surface area contributed by atoms with Crippen LogP contribution in [0.4, 0.5) is 5.95 Å².